The highest BCUT2D eigenvalue weighted by Crippen LogP contribution is 2.27. The van der Waals surface area contributed by atoms with E-state index in [1.165, 1.54) is 4.63 Å². The third-order valence-electron chi connectivity index (χ3n) is 3.20. The Balaban J connectivity index is 1.71. The summed E-state index contributed by atoms with van der Waals surface area (Å²) >= 11 is 0. The second kappa shape index (κ2) is 4.21. The van der Waals surface area contributed by atoms with Crippen molar-refractivity contribution in [2.24, 2.45) is 5.92 Å². The Labute approximate surface area is 102 Å². The molecular weight excluding hydrogens is 236 g/mol. The van der Waals surface area contributed by atoms with Crippen LogP contribution in [0.2, 0.25) is 0 Å². The van der Waals surface area contributed by atoms with Gasteiger partial charge in [0.1, 0.15) is 5.82 Å². The van der Waals surface area contributed by atoms with Gasteiger partial charge in [-0.1, -0.05) is 0 Å². The Morgan fingerprint density at radius 2 is 2.33 bits per heavy atom. The molecule has 2 aromatic heterocycles. The van der Waals surface area contributed by atoms with Gasteiger partial charge in [0.2, 0.25) is 0 Å². The van der Waals surface area contributed by atoms with Crippen LogP contribution in [0.1, 0.15) is 19.3 Å². The van der Waals surface area contributed by atoms with Gasteiger partial charge in [0.15, 0.2) is 5.65 Å². The molecule has 94 valence electrons. The van der Waals surface area contributed by atoms with E-state index in [2.05, 4.69) is 25.9 Å². The van der Waals surface area contributed by atoms with Crippen LogP contribution in [0.4, 0.5) is 5.82 Å². The van der Waals surface area contributed by atoms with Crippen molar-refractivity contribution in [2.75, 3.05) is 5.32 Å². The molecule has 1 aliphatic rings. The molecule has 0 radical (unpaired) electrons. The molecule has 1 saturated carbocycles. The molecule has 1 aliphatic carbocycles. The summed E-state index contributed by atoms with van der Waals surface area (Å²) in [6.07, 6.45) is 2.18. The first kappa shape index (κ1) is 10.9. The fourth-order valence-electron chi connectivity index (χ4n) is 2.27. The number of fused-ring (bicyclic) bond motifs is 1. The minimum absolute atomic E-state index is 0.146. The molecule has 2 N–H and O–H groups in total. The summed E-state index contributed by atoms with van der Waals surface area (Å²) in [5.74, 6) is -0.312. The minimum atomic E-state index is -0.719. The molecule has 2 heterocycles. The number of anilines is 1. The molecule has 3 rings (SSSR count). The van der Waals surface area contributed by atoms with E-state index in [0.29, 0.717) is 24.3 Å². The van der Waals surface area contributed by atoms with Crippen LogP contribution in [-0.2, 0) is 4.79 Å². The summed E-state index contributed by atoms with van der Waals surface area (Å²) < 4.78 is 1.34. The van der Waals surface area contributed by atoms with Crippen LogP contribution < -0.4 is 5.32 Å². The number of nitrogens with one attached hydrogen (secondary N) is 1. The van der Waals surface area contributed by atoms with Crippen LogP contribution >= 0.6 is 0 Å². The zero-order valence-electron chi connectivity index (χ0n) is 9.52. The zero-order chi connectivity index (χ0) is 12.5. The van der Waals surface area contributed by atoms with E-state index in [4.69, 9.17) is 5.11 Å². The van der Waals surface area contributed by atoms with Crippen molar-refractivity contribution in [1.29, 1.82) is 0 Å². The van der Waals surface area contributed by atoms with E-state index in [1.54, 1.807) is 12.1 Å². The molecule has 0 amide bonds. The number of carboxylic acid groups (broad SMARTS) is 1. The minimum Gasteiger partial charge on any atom is -0.481 e. The normalized spacial score (nSPS) is 23.3. The number of hydrogen-bond donors (Lipinski definition) is 2. The average molecular weight is 248 g/mol. The highest BCUT2D eigenvalue weighted by molar-refractivity contribution is 5.70. The molecular formula is C10H12N6O2. The monoisotopic (exact) mass is 248 g/mol. The summed E-state index contributed by atoms with van der Waals surface area (Å²) in [7, 11) is 0. The van der Waals surface area contributed by atoms with Crippen molar-refractivity contribution in [3.8, 4) is 0 Å². The van der Waals surface area contributed by atoms with Gasteiger partial charge in [-0.2, -0.15) is 0 Å². The molecule has 18 heavy (non-hydrogen) atoms. The Morgan fingerprint density at radius 3 is 3.11 bits per heavy atom. The molecule has 0 unspecified atom stereocenters. The zero-order valence-corrected chi connectivity index (χ0v) is 9.52. The van der Waals surface area contributed by atoms with Crippen molar-refractivity contribution >= 4 is 17.4 Å². The number of tetrazole rings is 1. The first-order valence-corrected chi connectivity index (χ1v) is 5.77. The number of carbonyl (C=O) groups is 1. The Hall–Kier alpha value is -2.25. The van der Waals surface area contributed by atoms with Gasteiger partial charge in [-0.3, -0.25) is 4.79 Å². The van der Waals surface area contributed by atoms with Crippen LogP contribution in [-0.4, -0.2) is 42.4 Å². The molecule has 0 saturated heterocycles. The fraction of sp³-hybridized carbons (Fsp3) is 0.500. The number of carboxylic acids is 1. The predicted molar refractivity (Wildman–Crippen MR) is 61.0 cm³/mol. The van der Waals surface area contributed by atoms with Crippen LogP contribution in [0.25, 0.3) is 5.65 Å². The Bertz CT molecular complexity index is 583. The van der Waals surface area contributed by atoms with Crippen LogP contribution in [0.3, 0.4) is 0 Å². The van der Waals surface area contributed by atoms with E-state index >= 15 is 0 Å². The standard InChI is InChI=1S/C10H12N6O2/c17-10(18)6-1-2-7(5-6)11-8-3-4-9-12-14-15-16(9)13-8/h3-4,6-7H,1-2,5H2,(H,11,13)(H,17,18)/t6-,7+/m1/s1. The molecule has 0 aromatic carbocycles. The van der Waals surface area contributed by atoms with Gasteiger partial charge in [0, 0.05) is 6.04 Å². The molecule has 1 fully saturated rings. The number of nitrogens with zero attached hydrogens (tertiary/aromatic N) is 5. The maximum absolute atomic E-state index is 10.9. The second-order valence-corrected chi connectivity index (χ2v) is 4.43. The van der Waals surface area contributed by atoms with Gasteiger partial charge in [0.25, 0.3) is 0 Å². The first-order chi connectivity index (χ1) is 8.72. The summed E-state index contributed by atoms with van der Waals surface area (Å²) in [6.45, 7) is 0. The fourth-order valence-corrected chi connectivity index (χ4v) is 2.27. The van der Waals surface area contributed by atoms with E-state index in [0.717, 1.165) is 6.42 Å². The van der Waals surface area contributed by atoms with E-state index in [1.807, 2.05) is 0 Å². The lowest BCUT2D eigenvalue weighted by Crippen LogP contribution is -2.19. The van der Waals surface area contributed by atoms with Crippen LogP contribution in [0, 0.1) is 5.92 Å². The molecule has 0 bridgehead atoms. The van der Waals surface area contributed by atoms with Crippen LogP contribution in [0.15, 0.2) is 12.1 Å². The number of aromatic nitrogens is 5. The molecule has 8 heteroatoms. The number of hydrogen-bond acceptors (Lipinski definition) is 6. The van der Waals surface area contributed by atoms with E-state index in [9.17, 15) is 4.79 Å². The summed E-state index contributed by atoms with van der Waals surface area (Å²) in [4.78, 5) is 10.9. The molecule has 8 nitrogen and oxygen atoms in total. The maximum atomic E-state index is 10.9. The van der Waals surface area contributed by atoms with Crippen molar-refractivity contribution in [1.82, 2.24) is 25.3 Å². The molecule has 2 aromatic rings. The third kappa shape index (κ3) is 1.96. The average Bonchev–Trinajstić information content (AvgIpc) is 2.96. The van der Waals surface area contributed by atoms with Crippen molar-refractivity contribution in [3.63, 3.8) is 0 Å². The molecule has 2 atom stereocenters. The first-order valence-electron chi connectivity index (χ1n) is 5.77. The molecule has 0 spiro atoms. The Morgan fingerprint density at radius 1 is 1.44 bits per heavy atom. The van der Waals surface area contributed by atoms with Gasteiger partial charge < -0.3 is 10.4 Å². The lowest BCUT2D eigenvalue weighted by Gasteiger charge is -2.12. The number of rotatable bonds is 3. The van der Waals surface area contributed by atoms with Crippen molar-refractivity contribution in [2.45, 2.75) is 25.3 Å². The lowest BCUT2D eigenvalue weighted by atomic mass is 10.1. The molecule has 0 aliphatic heterocycles. The largest absolute Gasteiger partial charge is 0.481 e. The van der Waals surface area contributed by atoms with Crippen LogP contribution in [0.5, 0.6) is 0 Å². The highest BCUT2D eigenvalue weighted by Gasteiger charge is 2.29. The van der Waals surface area contributed by atoms with E-state index in [-0.39, 0.29) is 12.0 Å². The SMILES string of the molecule is O=C(O)[C@@H]1CC[C@H](Nc2ccc3nnnn3n2)C1. The lowest BCUT2D eigenvalue weighted by molar-refractivity contribution is -0.141. The second-order valence-electron chi connectivity index (χ2n) is 4.43. The quantitative estimate of drug-likeness (QED) is 0.798. The van der Waals surface area contributed by atoms with Gasteiger partial charge >= 0.3 is 5.97 Å². The highest BCUT2D eigenvalue weighted by atomic mass is 16.4. The smallest absolute Gasteiger partial charge is 0.306 e. The van der Waals surface area contributed by atoms with Crippen molar-refractivity contribution in [3.05, 3.63) is 12.1 Å². The van der Waals surface area contributed by atoms with Gasteiger partial charge in [-0.05, 0) is 41.8 Å². The van der Waals surface area contributed by atoms with Gasteiger partial charge in [-0.15, -0.1) is 14.8 Å². The predicted octanol–water partition coefficient (Wildman–Crippen LogP) is 0.184. The number of aliphatic carboxylic acids is 1. The van der Waals surface area contributed by atoms with Gasteiger partial charge in [0.05, 0.1) is 5.92 Å². The van der Waals surface area contributed by atoms with Crippen molar-refractivity contribution < 1.29 is 9.90 Å². The Kier molecular flexibility index (Phi) is 2.54. The summed E-state index contributed by atoms with van der Waals surface area (Å²) in [6, 6.07) is 3.70. The summed E-state index contributed by atoms with van der Waals surface area (Å²) in [5, 5.41) is 27.3. The summed E-state index contributed by atoms with van der Waals surface area (Å²) in [5.41, 5.74) is 0.579. The van der Waals surface area contributed by atoms with E-state index < -0.39 is 5.97 Å². The topological polar surface area (TPSA) is 105 Å². The third-order valence-corrected chi connectivity index (χ3v) is 3.20. The maximum Gasteiger partial charge on any atom is 0.306 e. The van der Waals surface area contributed by atoms with Gasteiger partial charge in [-0.25, -0.2) is 0 Å².